The Morgan fingerprint density at radius 3 is 2.30 bits per heavy atom. The van der Waals surface area contributed by atoms with Crippen molar-refractivity contribution < 1.29 is 46.0 Å². The molecule has 1 rings (SSSR count). The van der Waals surface area contributed by atoms with Crippen LogP contribution in [0.3, 0.4) is 0 Å². The van der Waals surface area contributed by atoms with Crippen molar-refractivity contribution in [2.45, 2.75) is 39.3 Å². The molecule has 0 saturated heterocycles. The van der Waals surface area contributed by atoms with E-state index in [1.165, 1.54) is 0 Å². The molecule has 30 heavy (non-hydrogen) atoms. The molecule has 0 aliphatic carbocycles. The summed E-state index contributed by atoms with van der Waals surface area (Å²) in [6.07, 6.45) is -0.673. The fourth-order valence-corrected chi connectivity index (χ4v) is 3.86. The third kappa shape index (κ3) is 11.8. The zero-order valence-electron chi connectivity index (χ0n) is 17.2. The maximum Gasteiger partial charge on any atom is 0.407 e. The van der Waals surface area contributed by atoms with Crippen molar-refractivity contribution in [3.8, 4) is 0 Å². The van der Waals surface area contributed by atoms with Crippen LogP contribution in [0.1, 0.15) is 32.3 Å². The minimum absolute atomic E-state index is 0. The van der Waals surface area contributed by atoms with Crippen molar-refractivity contribution in [1.82, 2.24) is 10.6 Å². The van der Waals surface area contributed by atoms with Crippen molar-refractivity contribution in [3.05, 3.63) is 35.9 Å². The fraction of sp³-hybridized carbons (Fsp3) is 0.500. The maximum atomic E-state index is 12.0. The van der Waals surface area contributed by atoms with E-state index in [2.05, 4.69) is 10.6 Å². The average molecular weight is 505 g/mol. The zero-order valence-corrected chi connectivity index (χ0v) is 19.6. The minimum atomic E-state index is -1.22. The van der Waals surface area contributed by atoms with Crippen LogP contribution in [0.2, 0.25) is 0 Å². The highest BCUT2D eigenvalue weighted by molar-refractivity contribution is 7.97. The third-order valence-electron chi connectivity index (χ3n) is 4.13. The van der Waals surface area contributed by atoms with Gasteiger partial charge >= 0.3 is 12.1 Å². The number of nitrogens with one attached hydrogen (secondary N) is 2. The normalized spacial score (nSPS) is 11.2. The Morgan fingerprint density at radius 1 is 1.10 bits per heavy atom. The molecule has 2 amide bonds. The Balaban J connectivity index is 0.00000841. The number of hydrogen-bond acceptors (Lipinski definition) is 5. The number of Topliss-reactive ketones (excluding diaryl/α,β-unsaturated/α-hetero) is 1. The van der Waals surface area contributed by atoms with Crippen LogP contribution in [-0.2, 0) is 36.6 Å². The van der Waals surface area contributed by atoms with E-state index in [0.29, 0.717) is 5.75 Å². The molecule has 10 heteroatoms. The van der Waals surface area contributed by atoms with Gasteiger partial charge in [-0.1, -0.05) is 30.3 Å². The number of alkyl carbamates (subject to hydrolysis) is 1. The molecular weight excluding hydrogens is 476 g/mol. The third-order valence-corrected chi connectivity index (χ3v) is 6.50. The monoisotopic (exact) mass is 504 g/mol. The van der Waals surface area contributed by atoms with Crippen LogP contribution in [0.25, 0.3) is 0 Å². The topological polar surface area (TPSA) is 122 Å². The van der Waals surface area contributed by atoms with Gasteiger partial charge in [0.25, 0.3) is 0 Å². The summed E-state index contributed by atoms with van der Waals surface area (Å²) < 4.78 is 4.98. The van der Waals surface area contributed by atoms with E-state index in [9.17, 15) is 24.3 Å². The Labute approximate surface area is 190 Å². The summed E-state index contributed by atoms with van der Waals surface area (Å²) in [7, 11) is 0.0252. The lowest BCUT2D eigenvalue weighted by Crippen LogP contribution is -3.00. The van der Waals surface area contributed by atoms with E-state index in [4.69, 9.17) is 4.74 Å². The van der Waals surface area contributed by atoms with Crippen LogP contribution in [0.5, 0.6) is 0 Å². The molecule has 1 aromatic rings. The molecule has 8 nitrogen and oxygen atoms in total. The predicted molar refractivity (Wildman–Crippen MR) is 112 cm³/mol. The van der Waals surface area contributed by atoms with Gasteiger partial charge in [0, 0.05) is 6.42 Å². The van der Waals surface area contributed by atoms with Crippen molar-refractivity contribution in [3.63, 3.8) is 0 Å². The number of carbonyl (C=O) groups is 4. The molecule has 0 spiro atoms. The number of ketones is 1. The molecule has 0 bridgehead atoms. The number of amides is 2. The first-order valence-corrected chi connectivity index (χ1v) is 11.2. The lowest BCUT2D eigenvalue weighted by atomic mass is 10.1. The largest absolute Gasteiger partial charge is 1.00 e. The number of rotatable bonds is 13. The van der Waals surface area contributed by atoms with Crippen molar-refractivity contribution in [2.24, 2.45) is 0 Å². The molecule has 0 fully saturated rings. The van der Waals surface area contributed by atoms with E-state index < -0.39 is 30.6 Å². The summed E-state index contributed by atoms with van der Waals surface area (Å²) in [5.74, 6) is 0.411. The fourth-order valence-electron chi connectivity index (χ4n) is 2.44. The number of hydrogen-bond donors (Lipinski definition) is 3. The summed E-state index contributed by atoms with van der Waals surface area (Å²) >= 11 is 0. The number of halogens is 1. The van der Waals surface area contributed by atoms with Crippen LogP contribution in [-0.4, -0.2) is 58.7 Å². The predicted octanol–water partition coefficient (Wildman–Crippen LogP) is -1.51. The molecule has 0 aliphatic heterocycles. The van der Waals surface area contributed by atoms with E-state index in [1.54, 1.807) is 12.1 Å². The van der Waals surface area contributed by atoms with Gasteiger partial charge in [-0.2, -0.15) is 0 Å². The number of benzene rings is 1. The maximum absolute atomic E-state index is 12.0. The van der Waals surface area contributed by atoms with Gasteiger partial charge in [-0.15, -0.1) is 0 Å². The number of carbonyl (C=O) groups excluding carboxylic acids is 3. The molecular formula is C20H29BrN2O6S. The summed E-state index contributed by atoms with van der Waals surface area (Å²) in [4.78, 5) is 46.9. The van der Waals surface area contributed by atoms with Gasteiger partial charge in [0.15, 0.2) is 11.5 Å². The van der Waals surface area contributed by atoms with Gasteiger partial charge in [0.05, 0.1) is 0 Å². The average Bonchev–Trinajstić information content (AvgIpc) is 2.72. The molecule has 0 radical (unpaired) electrons. The molecule has 0 aromatic heterocycles. The molecule has 3 N–H and O–H groups in total. The summed E-state index contributed by atoms with van der Waals surface area (Å²) in [5, 5.41) is 13.9. The highest BCUT2D eigenvalue weighted by Crippen LogP contribution is 2.04. The Morgan fingerprint density at radius 2 is 1.73 bits per heavy atom. The first-order valence-electron chi connectivity index (χ1n) is 9.48. The van der Waals surface area contributed by atoms with Crippen molar-refractivity contribution >= 4 is 34.6 Å². The lowest BCUT2D eigenvalue weighted by Gasteiger charge is -2.14. The van der Waals surface area contributed by atoms with Gasteiger partial charge in [0.2, 0.25) is 5.91 Å². The smallest absolute Gasteiger partial charge is 0.407 e. The van der Waals surface area contributed by atoms with Crippen LogP contribution < -0.4 is 27.6 Å². The molecule has 0 unspecified atom stereocenters. The van der Waals surface area contributed by atoms with E-state index in [1.807, 2.05) is 32.0 Å². The van der Waals surface area contributed by atoms with Crippen LogP contribution in [0, 0.1) is 0 Å². The summed E-state index contributed by atoms with van der Waals surface area (Å²) in [6, 6.07) is 7.87. The highest BCUT2D eigenvalue weighted by Gasteiger charge is 2.24. The number of carboxylic acids is 1. The summed E-state index contributed by atoms with van der Waals surface area (Å²) in [5.41, 5.74) is 0.803. The molecule has 1 atom stereocenters. The molecule has 0 heterocycles. The van der Waals surface area contributed by atoms with Gasteiger partial charge in [-0.25, -0.2) is 9.59 Å². The van der Waals surface area contributed by atoms with Gasteiger partial charge in [0.1, 0.15) is 30.7 Å². The van der Waals surface area contributed by atoms with Gasteiger partial charge < -0.3 is 37.5 Å². The SMILES string of the molecule is CC[S+](CC)CC(=O)CC[C@H](NC(=O)CNC(=O)OCc1ccccc1)C(=O)O.[Br-]. The number of carboxylic acid groups (broad SMARTS) is 1. The number of ether oxygens (including phenoxy) is 1. The second-order valence-corrected chi connectivity index (χ2v) is 8.95. The highest BCUT2D eigenvalue weighted by atomic mass is 79.9. The Bertz CT molecular complexity index is 685. The number of aliphatic carboxylic acids is 1. The van der Waals surface area contributed by atoms with E-state index in [0.717, 1.165) is 17.1 Å². The van der Waals surface area contributed by atoms with Crippen LogP contribution in [0.15, 0.2) is 30.3 Å². The molecule has 0 aliphatic rings. The molecule has 0 saturated carbocycles. The lowest BCUT2D eigenvalue weighted by molar-refractivity contribution is -0.142. The molecule has 168 valence electrons. The Kier molecular flexibility index (Phi) is 14.6. The quantitative estimate of drug-likeness (QED) is 0.281. The van der Waals surface area contributed by atoms with Crippen LogP contribution in [0.4, 0.5) is 4.79 Å². The minimum Gasteiger partial charge on any atom is -1.00 e. The Hall–Kier alpha value is -2.07. The van der Waals surface area contributed by atoms with Crippen LogP contribution >= 0.6 is 0 Å². The van der Waals surface area contributed by atoms with Gasteiger partial charge in [-0.3, -0.25) is 9.59 Å². The van der Waals surface area contributed by atoms with Gasteiger partial charge in [-0.05, 0) is 36.7 Å². The van der Waals surface area contributed by atoms with E-state index in [-0.39, 0.29) is 53.1 Å². The second kappa shape index (κ2) is 15.7. The van der Waals surface area contributed by atoms with E-state index >= 15 is 0 Å². The second-order valence-electron chi connectivity index (χ2n) is 6.29. The first-order chi connectivity index (χ1) is 13.8. The van der Waals surface area contributed by atoms with Crippen molar-refractivity contribution in [1.29, 1.82) is 0 Å². The van der Waals surface area contributed by atoms with Crippen molar-refractivity contribution in [2.75, 3.05) is 23.8 Å². The first kappa shape index (κ1) is 27.9. The molecule has 1 aromatic carbocycles. The zero-order chi connectivity index (χ0) is 21.6. The standard InChI is InChI=1S/C20H28N2O6S.BrH/c1-3-29(4-2)14-16(23)10-11-17(19(25)26)22-18(24)12-21-20(27)28-13-15-8-6-5-7-9-15;/h5-9,17H,3-4,10-14H2,1-2H3,(H2-,21,22,24,25,26,27);1H/t17-;/m0./s1. The summed E-state index contributed by atoms with van der Waals surface area (Å²) in [6.45, 7) is 3.70.